The van der Waals surface area contributed by atoms with Gasteiger partial charge in [-0.05, 0) is 20.8 Å². The summed E-state index contributed by atoms with van der Waals surface area (Å²) >= 11 is 6.17. The number of aromatic nitrogens is 4. The summed E-state index contributed by atoms with van der Waals surface area (Å²) in [6.07, 6.45) is 1.96. The highest BCUT2D eigenvalue weighted by molar-refractivity contribution is 6.34. The Kier molecular flexibility index (Phi) is 4.37. The van der Waals surface area contributed by atoms with Crippen LogP contribution >= 0.6 is 11.6 Å². The predicted octanol–water partition coefficient (Wildman–Crippen LogP) is 2.18. The number of aryl methyl sites for hydroxylation is 3. The summed E-state index contributed by atoms with van der Waals surface area (Å²) < 4.78 is 3.48. The lowest BCUT2D eigenvalue weighted by molar-refractivity contribution is 0.0778. The highest BCUT2D eigenvalue weighted by atomic mass is 35.5. The molecule has 0 atom stereocenters. The lowest BCUT2D eigenvalue weighted by atomic mass is 10.2. The molecule has 0 aliphatic rings. The molecule has 0 fully saturated rings. The summed E-state index contributed by atoms with van der Waals surface area (Å²) in [5, 5.41) is 8.98. The van der Waals surface area contributed by atoms with Gasteiger partial charge in [0.2, 0.25) is 0 Å². The van der Waals surface area contributed by atoms with Crippen molar-refractivity contribution < 1.29 is 4.79 Å². The van der Waals surface area contributed by atoms with Gasteiger partial charge in [0, 0.05) is 38.9 Å². The average Bonchev–Trinajstić information content (AvgIpc) is 2.93. The van der Waals surface area contributed by atoms with Gasteiger partial charge in [0.05, 0.1) is 16.4 Å². The maximum atomic E-state index is 12.5. The summed E-state index contributed by atoms with van der Waals surface area (Å²) in [4.78, 5) is 14.1. The van der Waals surface area contributed by atoms with Crippen molar-refractivity contribution in [1.82, 2.24) is 24.5 Å². The topological polar surface area (TPSA) is 56.0 Å². The van der Waals surface area contributed by atoms with Gasteiger partial charge in [-0.2, -0.15) is 10.2 Å². The van der Waals surface area contributed by atoms with E-state index in [9.17, 15) is 4.79 Å². The van der Waals surface area contributed by atoms with Gasteiger partial charge < -0.3 is 4.90 Å². The monoisotopic (exact) mass is 309 g/mol. The first-order valence-electron chi connectivity index (χ1n) is 6.82. The second-order valence-electron chi connectivity index (χ2n) is 5.13. The van der Waals surface area contributed by atoms with Crippen molar-refractivity contribution >= 4 is 17.5 Å². The lowest BCUT2D eigenvalue weighted by Crippen LogP contribution is -2.27. The van der Waals surface area contributed by atoms with Gasteiger partial charge >= 0.3 is 0 Å². The Bertz CT molecular complexity index is 673. The highest BCUT2D eigenvalue weighted by Crippen LogP contribution is 2.21. The van der Waals surface area contributed by atoms with E-state index in [1.165, 1.54) is 0 Å². The van der Waals surface area contributed by atoms with Crippen molar-refractivity contribution in [3.8, 4) is 0 Å². The second kappa shape index (κ2) is 5.89. The molecule has 0 saturated carbocycles. The molecule has 2 rings (SSSR count). The molecule has 6 nitrogen and oxygen atoms in total. The normalized spacial score (nSPS) is 11.0. The van der Waals surface area contributed by atoms with E-state index in [1.807, 2.05) is 31.6 Å². The maximum Gasteiger partial charge on any atom is 0.275 e. The Labute approximate surface area is 129 Å². The smallest absolute Gasteiger partial charge is 0.275 e. The van der Waals surface area contributed by atoms with Gasteiger partial charge in [0.25, 0.3) is 5.91 Å². The van der Waals surface area contributed by atoms with Gasteiger partial charge in [-0.1, -0.05) is 11.6 Å². The molecule has 0 saturated heterocycles. The molecule has 21 heavy (non-hydrogen) atoms. The number of carbonyl (C=O) groups is 1. The van der Waals surface area contributed by atoms with E-state index in [2.05, 4.69) is 10.2 Å². The van der Waals surface area contributed by atoms with Crippen molar-refractivity contribution in [2.75, 3.05) is 7.05 Å². The van der Waals surface area contributed by atoms with E-state index in [-0.39, 0.29) is 5.91 Å². The van der Waals surface area contributed by atoms with Crippen LogP contribution in [0.4, 0.5) is 0 Å². The van der Waals surface area contributed by atoms with Crippen LogP contribution in [-0.4, -0.2) is 37.4 Å². The lowest BCUT2D eigenvalue weighted by Gasteiger charge is -2.15. The first kappa shape index (κ1) is 15.6. The van der Waals surface area contributed by atoms with E-state index < -0.39 is 0 Å². The molecular weight excluding hydrogens is 290 g/mol. The minimum atomic E-state index is -0.188. The summed E-state index contributed by atoms with van der Waals surface area (Å²) in [5.74, 6) is -0.188. The Hall–Kier alpha value is -1.82. The fraction of sp³-hybridized carbons (Fsp3) is 0.500. The molecule has 0 spiro atoms. The van der Waals surface area contributed by atoms with Gasteiger partial charge in [0.1, 0.15) is 0 Å². The van der Waals surface area contributed by atoms with Crippen LogP contribution in [0.3, 0.4) is 0 Å². The third-order valence-corrected chi connectivity index (χ3v) is 4.04. The molecular formula is C14H20ClN5O. The van der Waals surface area contributed by atoms with Gasteiger partial charge in [0.15, 0.2) is 5.69 Å². The number of carbonyl (C=O) groups excluding carboxylic acids is 1. The highest BCUT2D eigenvalue weighted by Gasteiger charge is 2.22. The van der Waals surface area contributed by atoms with Crippen LogP contribution in [0.25, 0.3) is 0 Å². The number of amides is 1. The second-order valence-corrected chi connectivity index (χ2v) is 5.51. The van der Waals surface area contributed by atoms with E-state index >= 15 is 0 Å². The number of hydrogen-bond donors (Lipinski definition) is 0. The molecule has 2 aromatic heterocycles. The zero-order valence-corrected chi connectivity index (χ0v) is 13.8. The van der Waals surface area contributed by atoms with Crippen molar-refractivity contribution in [2.45, 2.75) is 33.9 Å². The Morgan fingerprint density at radius 1 is 1.38 bits per heavy atom. The third-order valence-electron chi connectivity index (χ3n) is 3.59. The maximum absolute atomic E-state index is 12.5. The van der Waals surface area contributed by atoms with Crippen LogP contribution in [0.2, 0.25) is 5.02 Å². The van der Waals surface area contributed by atoms with Gasteiger partial charge in [-0.25, -0.2) is 0 Å². The Balaban J connectivity index is 2.19. The Morgan fingerprint density at radius 3 is 2.52 bits per heavy atom. The molecule has 1 amide bonds. The SMILES string of the molecule is CCn1cc(CN(C)C(=O)c2nn(C)c(C)c2Cl)c(C)n1. The van der Waals surface area contributed by atoms with Crippen molar-refractivity contribution in [1.29, 1.82) is 0 Å². The van der Waals surface area contributed by atoms with E-state index in [1.54, 1.807) is 23.7 Å². The van der Waals surface area contributed by atoms with Crippen molar-refractivity contribution in [3.63, 3.8) is 0 Å². The number of halogens is 1. The quantitative estimate of drug-likeness (QED) is 0.870. The van der Waals surface area contributed by atoms with Crippen LogP contribution in [0.5, 0.6) is 0 Å². The van der Waals surface area contributed by atoms with Crippen LogP contribution < -0.4 is 0 Å². The first-order chi connectivity index (χ1) is 9.85. The molecule has 0 aliphatic heterocycles. The minimum absolute atomic E-state index is 0.188. The fourth-order valence-electron chi connectivity index (χ4n) is 2.10. The summed E-state index contributed by atoms with van der Waals surface area (Å²) in [6, 6.07) is 0. The van der Waals surface area contributed by atoms with Gasteiger partial charge in [-0.3, -0.25) is 14.2 Å². The number of nitrogens with zero attached hydrogens (tertiary/aromatic N) is 5. The zero-order chi connectivity index (χ0) is 15.7. The number of rotatable bonds is 4. The summed E-state index contributed by atoms with van der Waals surface area (Å²) in [6.45, 7) is 7.10. The summed E-state index contributed by atoms with van der Waals surface area (Å²) in [5.41, 5.74) is 3.03. The van der Waals surface area contributed by atoms with Crippen LogP contribution in [0.15, 0.2) is 6.20 Å². The molecule has 114 valence electrons. The molecule has 0 unspecified atom stereocenters. The van der Waals surface area contributed by atoms with Gasteiger partial charge in [-0.15, -0.1) is 0 Å². The predicted molar refractivity (Wildman–Crippen MR) is 81.4 cm³/mol. The molecule has 0 N–H and O–H groups in total. The fourth-order valence-corrected chi connectivity index (χ4v) is 2.34. The number of hydrogen-bond acceptors (Lipinski definition) is 3. The first-order valence-corrected chi connectivity index (χ1v) is 7.20. The average molecular weight is 310 g/mol. The van der Waals surface area contributed by atoms with E-state index in [4.69, 9.17) is 11.6 Å². The van der Waals surface area contributed by atoms with Crippen LogP contribution in [0, 0.1) is 13.8 Å². The third kappa shape index (κ3) is 2.95. The molecule has 7 heteroatoms. The van der Waals surface area contributed by atoms with Crippen LogP contribution in [0.1, 0.15) is 34.4 Å². The van der Waals surface area contributed by atoms with E-state index in [0.717, 1.165) is 23.5 Å². The van der Waals surface area contributed by atoms with Crippen molar-refractivity contribution in [2.24, 2.45) is 7.05 Å². The standard InChI is InChI=1S/C14H20ClN5O/c1-6-20-8-11(9(2)16-20)7-18(4)14(21)13-12(15)10(3)19(5)17-13/h8H,6-7H2,1-5H3. The van der Waals surface area contributed by atoms with Crippen LogP contribution in [-0.2, 0) is 20.1 Å². The molecule has 2 heterocycles. The minimum Gasteiger partial charge on any atom is -0.336 e. The molecule has 2 aromatic rings. The Morgan fingerprint density at radius 2 is 2.05 bits per heavy atom. The molecule has 0 aromatic carbocycles. The van der Waals surface area contributed by atoms with E-state index in [0.29, 0.717) is 17.3 Å². The zero-order valence-electron chi connectivity index (χ0n) is 13.0. The molecule has 0 radical (unpaired) electrons. The molecule has 0 aliphatic carbocycles. The summed E-state index contributed by atoms with van der Waals surface area (Å²) in [7, 11) is 3.51. The van der Waals surface area contributed by atoms with Crippen molar-refractivity contribution in [3.05, 3.63) is 33.9 Å². The largest absolute Gasteiger partial charge is 0.336 e. The molecule has 0 bridgehead atoms.